The number of nitrogens with one attached hydrogen (secondary N) is 2. The van der Waals surface area contributed by atoms with Gasteiger partial charge in [0.2, 0.25) is 0 Å². The molecule has 0 aliphatic carbocycles. The zero-order valence-corrected chi connectivity index (χ0v) is 16.3. The van der Waals surface area contributed by atoms with Gasteiger partial charge in [0.1, 0.15) is 5.56 Å². The summed E-state index contributed by atoms with van der Waals surface area (Å²) in [6.07, 6.45) is 0. The van der Waals surface area contributed by atoms with Gasteiger partial charge in [-0.1, -0.05) is 46.4 Å². The molecule has 1 amide bonds. The highest BCUT2D eigenvalue weighted by Crippen LogP contribution is 2.26. The number of aryl methyl sites for hydroxylation is 1. The summed E-state index contributed by atoms with van der Waals surface area (Å²) in [4.78, 5) is 25.2. The zero-order chi connectivity index (χ0) is 19.0. The molecule has 0 atom stereocenters. The zero-order valence-electron chi connectivity index (χ0n) is 13.2. The number of aromatic amines is 1. The molecule has 0 saturated carbocycles. The molecule has 3 rings (SSSR count). The van der Waals surface area contributed by atoms with Crippen molar-refractivity contribution in [3.05, 3.63) is 78.1 Å². The average molecular weight is 431 g/mol. The first kappa shape index (κ1) is 18.9. The van der Waals surface area contributed by atoms with Crippen LogP contribution in [-0.2, 0) is 0 Å². The van der Waals surface area contributed by atoms with Crippen molar-refractivity contribution in [1.29, 1.82) is 0 Å². The van der Waals surface area contributed by atoms with Crippen LogP contribution in [0.1, 0.15) is 16.1 Å². The summed E-state index contributed by atoms with van der Waals surface area (Å²) in [5, 5.41) is 6.81. The average Bonchev–Trinajstić information content (AvgIpc) is 2.88. The summed E-state index contributed by atoms with van der Waals surface area (Å²) >= 11 is 23.7. The Morgan fingerprint density at radius 3 is 2.19 bits per heavy atom. The van der Waals surface area contributed by atoms with E-state index < -0.39 is 11.5 Å². The second-order valence-corrected chi connectivity index (χ2v) is 7.06. The van der Waals surface area contributed by atoms with Crippen molar-refractivity contribution >= 4 is 58.0 Å². The van der Waals surface area contributed by atoms with Crippen LogP contribution < -0.4 is 10.9 Å². The Kier molecular flexibility index (Phi) is 5.34. The number of amides is 1. The second-order valence-electron chi connectivity index (χ2n) is 5.43. The van der Waals surface area contributed by atoms with Gasteiger partial charge in [-0.05, 0) is 43.3 Å². The highest BCUT2D eigenvalue weighted by molar-refractivity contribution is 6.42. The van der Waals surface area contributed by atoms with Crippen LogP contribution in [0.25, 0.3) is 5.69 Å². The minimum absolute atomic E-state index is 0.0258. The summed E-state index contributed by atoms with van der Waals surface area (Å²) in [5.74, 6) is -0.569. The first-order valence-electron chi connectivity index (χ1n) is 7.31. The topological polar surface area (TPSA) is 66.9 Å². The molecular formula is C17H11Cl4N3O2. The third-order valence-electron chi connectivity index (χ3n) is 3.64. The van der Waals surface area contributed by atoms with Crippen LogP contribution in [0.5, 0.6) is 0 Å². The number of carbonyl (C=O) groups is 1. The maximum atomic E-state index is 12.7. The van der Waals surface area contributed by atoms with Crippen molar-refractivity contribution in [2.45, 2.75) is 6.92 Å². The number of H-pyrrole nitrogens is 1. The Bertz CT molecular complexity index is 1070. The smallest absolute Gasteiger partial charge is 0.284 e. The normalized spacial score (nSPS) is 10.8. The van der Waals surface area contributed by atoms with Gasteiger partial charge in [-0.2, -0.15) is 0 Å². The van der Waals surface area contributed by atoms with E-state index in [1.165, 1.54) is 16.8 Å². The standard InChI is InChI=1S/C17H11Cl4N3O2/c1-8-15(16(25)22-9-2-4-11(18)13(20)6-9)17(26)24(23-8)10-3-5-12(19)14(21)7-10/h2-7,23H,1H3,(H,22,25). The van der Waals surface area contributed by atoms with Crippen LogP contribution >= 0.6 is 46.4 Å². The van der Waals surface area contributed by atoms with Crippen LogP contribution in [0.3, 0.4) is 0 Å². The Morgan fingerprint density at radius 2 is 1.58 bits per heavy atom. The van der Waals surface area contributed by atoms with Crippen molar-refractivity contribution < 1.29 is 4.79 Å². The lowest BCUT2D eigenvalue weighted by atomic mass is 10.2. The van der Waals surface area contributed by atoms with Crippen molar-refractivity contribution in [3.8, 4) is 5.69 Å². The monoisotopic (exact) mass is 429 g/mol. The number of hydrogen-bond acceptors (Lipinski definition) is 2. The number of hydrogen-bond donors (Lipinski definition) is 2. The van der Waals surface area contributed by atoms with E-state index in [2.05, 4.69) is 10.4 Å². The van der Waals surface area contributed by atoms with E-state index in [0.717, 1.165) is 0 Å². The number of anilines is 1. The fourth-order valence-corrected chi connectivity index (χ4v) is 2.98. The first-order valence-corrected chi connectivity index (χ1v) is 8.82. The molecule has 2 N–H and O–H groups in total. The Balaban J connectivity index is 1.96. The molecule has 3 aromatic rings. The summed E-state index contributed by atoms with van der Waals surface area (Å²) in [6, 6.07) is 9.36. The van der Waals surface area contributed by atoms with E-state index >= 15 is 0 Å². The molecule has 26 heavy (non-hydrogen) atoms. The molecule has 9 heteroatoms. The molecule has 2 aromatic carbocycles. The third kappa shape index (κ3) is 3.62. The van der Waals surface area contributed by atoms with Gasteiger partial charge >= 0.3 is 0 Å². The number of carbonyl (C=O) groups excluding carboxylic acids is 1. The molecule has 5 nitrogen and oxygen atoms in total. The predicted molar refractivity (Wildman–Crippen MR) is 106 cm³/mol. The molecule has 0 spiro atoms. The first-order chi connectivity index (χ1) is 12.3. The molecule has 0 fully saturated rings. The minimum Gasteiger partial charge on any atom is -0.322 e. The lowest BCUT2D eigenvalue weighted by Crippen LogP contribution is -2.24. The van der Waals surface area contributed by atoms with E-state index in [4.69, 9.17) is 46.4 Å². The van der Waals surface area contributed by atoms with Gasteiger partial charge in [0.15, 0.2) is 0 Å². The lowest BCUT2D eigenvalue weighted by molar-refractivity contribution is 0.102. The van der Waals surface area contributed by atoms with Gasteiger partial charge in [-0.3, -0.25) is 14.7 Å². The Labute approximate surface area is 168 Å². The summed E-state index contributed by atoms with van der Waals surface area (Å²) in [6.45, 7) is 1.62. The maximum Gasteiger partial charge on any atom is 0.284 e. The third-order valence-corrected chi connectivity index (χ3v) is 5.12. The van der Waals surface area contributed by atoms with Crippen LogP contribution in [0.2, 0.25) is 20.1 Å². The van der Waals surface area contributed by atoms with Crippen LogP contribution in [0, 0.1) is 6.92 Å². The van der Waals surface area contributed by atoms with Crippen molar-refractivity contribution in [1.82, 2.24) is 9.78 Å². The van der Waals surface area contributed by atoms with Crippen LogP contribution in [0.4, 0.5) is 5.69 Å². The number of benzene rings is 2. The molecular weight excluding hydrogens is 420 g/mol. The van der Waals surface area contributed by atoms with E-state index in [1.807, 2.05) is 0 Å². The Morgan fingerprint density at radius 1 is 0.962 bits per heavy atom. The van der Waals surface area contributed by atoms with Crippen LogP contribution in [-0.4, -0.2) is 15.7 Å². The number of halogens is 4. The fourth-order valence-electron chi connectivity index (χ4n) is 2.39. The molecule has 0 aliphatic rings. The van der Waals surface area contributed by atoms with Crippen molar-refractivity contribution in [2.24, 2.45) is 0 Å². The van der Waals surface area contributed by atoms with E-state index in [0.29, 0.717) is 37.2 Å². The van der Waals surface area contributed by atoms with Gasteiger partial charge in [0, 0.05) is 11.4 Å². The number of aromatic nitrogens is 2. The van der Waals surface area contributed by atoms with E-state index in [1.54, 1.807) is 31.2 Å². The molecule has 1 heterocycles. The Hall–Kier alpha value is -1.92. The van der Waals surface area contributed by atoms with E-state index in [-0.39, 0.29) is 5.56 Å². The minimum atomic E-state index is -0.569. The van der Waals surface area contributed by atoms with Gasteiger partial charge in [0.05, 0.1) is 25.8 Å². The number of nitrogens with zero attached hydrogens (tertiary/aromatic N) is 1. The largest absolute Gasteiger partial charge is 0.322 e. The van der Waals surface area contributed by atoms with E-state index in [9.17, 15) is 9.59 Å². The van der Waals surface area contributed by atoms with Gasteiger partial charge in [-0.25, -0.2) is 4.68 Å². The van der Waals surface area contributed by atoms with Crippen molar-refractivity contribution in [3.63, 3.8) is 0 Å². The van der Waals surface area contributed by atoms with Gasteiger partial charge < -0.3 is 5.32 Å². The number of rotatable bonds is 3. The molecule has 134 valence electrons. The molecule has 0 aliphatic heterocycles. The highest BCUT2D eigenvalue weighted by Gasteiger charge is 2.20. The quantitative estimate of drug-likeness (QED) is 0.588. The predicted octanol–water partition coefficient (Wildman–Crippen LogP) is 5.34. The lowest BCUT2D eigenvalue weighted by Gasteiger charge is -2.05. The molecule has 0 saturated heterocycles. The van der Waals surface area contributed by atoms with Gasteiger partial charge in [-0.15, -0.1) is 0 Å². The summed E-state index contributed by atoms with van der Waals surface area (Å²) in [7, 11) is 0. The van der Waals surface area contributed by atoms with Gasteiger partial charge in [0.25, 0.3) is 11.5 Å². The maximum absolute atomic E-state index is 12.7. The van der Waals surface area contributed by atoms with Crippen LogP contribution in [0.15, 0.2) is 41.2 Å². The van der Waals surface area contributed by atoms with Crippen molar-refractivity contribution in [2.75, 3.05) is 5.32 Å². The SMILES string of the molecule is Cc1[nH]n(-c2ccc(Cl)c(Cl)c2)c(=O)c1C(=O)Nc1ccc(Cl)c(Cl)c1. The summed E-state index contributed by atoms with van der Waals surface area (Å²) in [5.41, 5.74) is 0.741. The molecule has 1 aromatic heterocycles. The molecule has 0 radical (unpaired) electrons. The fraction of sp³-hybridized carbons (Fsp3) is 0.0588. The molecule has 0 unspecified atom stereocenters. The summed E-state index contributed by atoms with van der Waals surface area (Å²) < 4.78 is 1.22. The molecule has 0 bridgehead atoms. The highest BCUT2D eigenvalue weighted by atomic mass is 35.5. The second kappa shape index (κ2) is 7.37.